The Bertz CT molecular complexity index is 558. The van der Waals surface area contributed by atoms with Gasteiger partial charge in [-0.1, -0.05) is 36.2 Å². The van der Waals surface area contributed by atoms with Gasteiger partial charge in [-0.2, -0.15) is 0 Å². The van der Waals surface area contributed by atoms with E-state index in [1.165, 1.54) is 0 Å². The van der Waals surface area contributed by atoms with Gasteiger partial charge in [-0.25, -0.2) is 0 Å². The number of nitrogens with two attached hydrogens (primary N) is 1. The SMILES string of the molecule is NCC1CCCC1NC(=O)C1(c2ccccc2Cl)CCOCC1. The van der Waals surface area contributed by atoms with Gasteiger partial charge in [0, 0.05) is 24.3 Å². The highest BCUT2D eigenvalue weighted by Gasteiger charge is 2.44. The molecular weight excluding hydrogens is 312 g/mol. The number of amides is 1. The highest BCUT2D eigenvalue weighted by molar-refractivity contribution is 6.31. The van der Waals surface area contributed by atoms with Gasteiger partial charge in [0.15, 0.2) is 0 Å². The van der Waals surface area contributed by atoms with Crippen molar-refractivity contribution in [1.82, 2.24) is 5.32 Å². The lowest BCUT2D eigenvalue weighted by Gasteiger charge is -2.38. The normalized spacial score (nSPS) is 26.9. The minimum Gasteiger partial charge on any atom is -0.381 e. The largest absolute Gasteiger partial charge is 0.381 e. The Morgan fingerprint density at radius 1 is 1.30 bits per heavy atom. The Balaban J connectivity index is 1.87. The molecule has 1 heterocycles. The lowest BCUT2D eigenvalue weighted by atomic mass is 9.73. The van der Waals surface area contributed by atoms with Crippen LogP contribution in [-0.4, -0.2) is 31.7 Å². The average molecular weight is 337 g/mol. The Hall–Kier alpha value is -1.10. The van der Waals surface area contributed by atoms with Crippen molar-refractivity contribution in [3.63, 3.8) is 0 Å². The lowest BCUT2D eigenvalue weighted by Crippen LogP contribution is -2.52. The molecule has 0 bridgehead atoms. The number of carbonyl (C=O) groups excluding carboxylic acids is 1. The van der Waals surface area contributed by atoms with Crippen LogP contribution in [0.15, 0.2) is 24.3 Å². The number of halogens is 1. The van der Waals surface area contributed by atoms with Gasteiger partial charge < -0.3 is 15.8 Å². The van der Waals surface area contributed by atoms with Gasteiger partial charge in [-0.05, 0) is 49.8 Å². The van der Waals surface area contributed by atoms with Crippen molar-refractivity contribution in [2.45, 2.75) is 43.6 Å². The summed E-state index contributed by atoms with van der Waals surface area (Å²) in [6.45, 7) is 1.81. The van der Waals surface area contributed by atoms with Crippen LogP contribution in [0.1, 0.15) is 37.7 Å². The molecule has 1 aromatic rings. The van der Waals surface area contributed by atoms with Crippen molar-refractivity contribution in [1.29, 1.82) is 0 Å². The predicted molar refractivity (Wildman–Crippen MR) is 91.5 cm³/mol. The number of benzene rings is 1. The predicted octanol–water partition coefficient (Wildman–Crippen LogP) is 2.63. The van der Waals surface area contributed by atoms with Gasteiger partial charge in [0.05, 0.1) is 5.41 Å². The molecule has 2 aliphatic rings. The number of hydrogen-bond acceptors (Lipinski definition) is 3. The van der Waals surface area contributed by atoms with E-state index in [4.69, 9.17) is 22.1 Å². The Labute approximate surface area is 142 Å². The summed E-state index contributed by atoms with van der Waals surface area (Å²) >= 11 is 6.42. The molecule has 23 heavy (non-hydrogen) atoms. The highest BCUT2D eigenvalue weighted by atomic mass is 35.5. The van der Waals surface area contributed by atoms with E-state index < -0.39 is 5.41 Å². The van der Waals surface area contributed by atoms with Gasteiger partial charge in [0.1, 0.15) is 0 Å². The van der Waals surface area contributed by atoms with Crippen molar-refractivity contribution in [2.24, 2.45) is 11.7 Å². The Kier molecular flexibility index (Phi) is 5.24. The summed E-state index contributed by atoms with van der Waals surface area (Å²) in [5.41, 5.74) is 6.19. The summed E-state index contributed by atoms with van der Waals surface area (Å²) in [5, 5.41) is 3.94. The van der Waals surface area contributed by atoms with Crippen molar-refractivity contribution < 1.29 is 9.53 Å². The van der Waals surface area contributed by atoms with Gasteiger partial charge in [0.25, 0.3) is 0 Å². The fourth-order valence-corrected chi connectivity index (χ4v) is 4.32. The summed E-state index contributed by atoms with van der Waals surface area (Å²) in [6.07, 6.45) is 4.59. The summed E-state index contributed by atoms with van der Waals surface area (Å²) < 4.78 is 5.51. The summed E-state index contributed by atoms with van der Waals surface area (Å²) in [5.74, 6) is 0.473. The molecule has 0 spiro atoms. The molecule has 0 aromatic heterocycles. The number of hydrogen-bond donors (Lipinski definition) is 2. The molecule has 1 aromatic carbocycles. The molecular formula is C18H25ClN2O2. The minimum atomic E-state index is -0.585. The van der Waals surface area contributed by atoms with E-state index in [0.717, 1.165) is 24.8 Å². The van der Waals surface area contributed by atoms with E-state index in [1.54, 1.807) is 0 Å². The topological polar surface area (TPSA) is 64.3 Å². The first-order valence-electron chi connectivity index (χ1n) is 8.51. The zero-order valence-corrected chi connectivity index (χ0v) is 14.1. The van der Waals surface area contributed by atoms with E-state index >= 15 is 0 Å². The van der Waals surface area contributed by atoms with Gasteiger partial charge in [-0.3, -0.25) is 4.79 Å². The first kappa shape index (κ1) is 16.7. The molecule has 126 valence electrons. The molecule has 5 heteroatoms. The fraction of sp³-hybridized carbons (Fsp3) is 0.611. The highest BCUT2D eigenvalue weighted by Crippen LogP contribution is 2.39. The molecule has 3 rings (SSSR count). The molecule has 2 atom stereocenters. The van der Waals surface area contributed by atoms with E-state index in [-0.39, 0.29) is 11.9 Å². The molecule has 1 amide bonds. The third kappa shape index (κ3) is 3.25. The van der Waals surface area contributed by atoms with Crippen LogP contribution < -0.4 is 11.1 Å². The summed E-state index contributed by atoms with van der Waals surface area (Å²) in [4.78, 5) is 13.2. The third-order valence-electron chi connectivity index (χ3n) is 5.45. The van der Waals surface area contributed by atoms with Crippen LogP contribution in [-0.2, 0) is 14.9 Å². The number of ether oxygens (including phenoxy) is 1. The second-order valence-electron chi connectivity index (χ2n) is 6.68. The number of carbonyl (C=O) groups is 1. The molecule has 4 nitrogen and oxygen atoms in total. The maximum atomic E-state index is 13.2. The fourth-order valence-electron chi connectivity index (χ4n) is 4.00. The van der Waals surface area contributed by atoms with Crippen LogP contribution in [0.2, 0.25) is 5.02 Å². The molecule has 1 aliphatic carbocycles. The van der Waals surface area contributed by atoms with Crippen LogP contribution in [0.5, 0.6) is 0 Å². The van der Waals surface area contributed by atoms with Crippen LogP contribution in [0, 0.1) is 5.92 Å². The first-order chi connectivity index (χ1) is 11.2. The van der Waals surface area contributed by atoms with E-state index in [1.807, 2.05) is 24.3 Å². The van der Waals surface area contributed by atoms with Gasteiger partial charge in [0.2, 0.25) is 5.91 Å². The average Bonchev–Trinajstić information content (AvgIpc) is 3.03. The maximum Gasteiger partial charge on any atom is 0.231 e. The van der Waals surface area contributed by atoms with E-state index in [0.29, 0.717) is 43.5 Å². The van der Waals surface area contributed by atoms with Crippen molar-refractivity contribution >= 4 is 17.5 Å². The smallest absolute Gasteiger partial charge is 0.231 e. The molecule has 1 saturated carbocycles. The lowest BCUT2D eigenvalue weighted by molar-refractivity contribution is -0.131. The standard InChI is InChI=1S/C18H25ClN2O2/c19-15-6-2-1-5-14(15)18(8-10-23-11-9-18)17(22)21-16-7-3-4-13(16)12-20/h1-2,5-6,13,16H,3-4,7-12,20H2,(H,21,22). The van der Waals surface area contributed by atoms with Crippen LogP contribution in [0.25, 0.3) is 0 Å². The first-order valence-corrected chi connectivity index (χ1v) is 8.89. The zero-order valence-electron chi connectivity index (χ0n) is 13.4. The quantitative estimate of drug-likeness (QED) is 0.888. The number of nitrogens with one attached hydrogen (secondary N) is 1. The Morgan fingerprint density at radius 2 is 2.04 bits per heavy atom. The second-order valence-corrected chi connectivity index (χ2v) is 7.09. The molecule has 3 N–H and O–H groups in total. The van der Waals surface area contributed by atoms with Gasteiger partial charge in [-0.15, -0.1) is 0 Å². The second kappa shape index (κ2) is 7.20. The summed E-state index contributed by atoms with van der Waals surface area (Å²) in [6, 6.07) is 7.87. The van der Waals surface area contributed by atoms with E-state index in [9.17, 15) is 4.79 Å². The van der Waals surface area contributed by atoms with Crippen molar-refractivity contribution in [2.75, 3.05) is 19.8 Å². The monoisotopic (exact) mass is 336 g/mol. The number of rotatable bonds is 4. The minimum absolute atomic E-state index is 0.0826. The molecule has 2 fully saturated rings. The van der Waals surface area contributed by atoms with Crippen LogP contribution in [0.4, 0.5) is 0 Å². The van der Waals surface area contributed by atoms with Crippen molar-refractivity contribution in [3.05, 3.63) is 34.9 Å². The maximum absolute atomic E-state index is 13.2. The Morgan fingerprint density at radius 3 is 2.74 bits per heavy atom. The summed E-state index contributed by atoms with van der Waals surface area (Å²) in [7, 11) is 0. The van der Waals surface area contributed by atoms with Crippen LogP contribution in [0.3, 0.4) is 0 Å². The van der Waals surface area contributed by atoms with Gasteiger partial charge >= 0.3 is 0 Å². The van der Waals surface area contributed by atoms with Crippen molar-refractivity contribution in [3.8, 4) is 0 Å². The third-order valence-corrected chi connectivity index (χ3v) is 5.78. The molecule has 1 saturated heterocycles. The molecule has 1 aliphatic heterocycles. The zero-order chi connectivity index (χ0) is 16.3. The molecule has 2 unspecified atom stereocenters. The van der Waals surface area contributed by atoms with Crippen LogP contribution >= 0.6 is 11.6 Å². The van der Waals surface area contributed by atoms with E-state index in [2.05, 4.69) is 5.32 Å². The molecule has 0 radical (unpaired) electrons.